The summed E-state index contributed by atoms with van der Waals surface area (Å²) in [5.41, 5.74) is 1.00. The van der Waals surface area contributed by atoms with Crippen molar-refractivity contribution in [3.63, 3.8) is 0 Å². The molecule has 1 atom stereocenters. The zero-order valence-electron chi connectivity index (χ0n) is 12.5. The van der Waals surface area contributed by atoms with E-state index in [1.54, 1.807) is 0 Å². The van der Waals surface area contributed by atoms with Gasteiger partial charge < -0.3 is 10.2 Å². The highest BCUT2D eigenvalue weighted by Gasteiger charge is 2.13. The first-order valence-electron chi connectivity index (χ1n) is 6.96. The second-order valence-electron chi connectivity index (χ2n) is 4.67. The molecular formula is C14H26N4S. The van der Waals surface area contributed by atoms with Crippen LogP contribution in [0.1, 0.15) is 32.4 Å². The van der Waals surface area contributed by atoms with E-state index in [-0.39, 0.29) is 0 Å². The molecule has 0 bridgehead atoms. The van der Waals surface area contributed by atoms with Crippen molar-refractivity contribution >= 4 is 17.6 Å². The predicted molar refractivity (Wildman–Crippen MR) is 84.9 cm³/mol. The van der Waals surface area contributed by atoms with Crippen LogP contribution in [0.5, 0.6) is 0 Å². The molecule has 1 rings (SSSR count). The standard InChI is InChI=1S/C14H26N4S/c1-5-7-15-8-12-9-17-14(10-16-12)18(3)13(6-2)11-19-4/h9-10,13,15H,5-8,11H2,1-4H3. The van der Waals surface area contributed by atoms with Gasteiger partial charge in [0.15, 0.2) is 0 Å². The molecule has 5 heteroatoms. The molecule has 4 nitrogen and oxygen atoms in total. The van der Waals surface area contributed by atoms with Crippen LogP contribution in [0.3, 0.4) is 0 Å². The maximum atomic E-state index is 4.52. The first-order valence-corrected chi connectivity index (χ1v) is 8.35. The molecule has 19 heavy (non-hydrogen) atoms. The van der Waals surface area contributed by atoms with Gasteiger partial charge in [-0.25, -0.2) is 4.98 Å². The van der Waals surface area contributed by atoms with Gasteiger partial charge in [-0.3, -0.25) is 4.98 Å². The lowest BCUT2D eigenvalue weighted by molar-refractivity contribution is 0.651. The van der Waals surface area contributed by atoms with Crippen molar-refractivity contribution in [1.82, 2.24) is 15.3 Å². The summed E-state index contributed by atoms with van der Waals surface area (Å²) in [6, 6.07) is 0.522. The molecule has 0 aliphatic rings. The van der Waals surface area contributed by atoms with Crippen molar-refractivity contribution in [2.75, 3.05) is 30.5 Å². The minimum Gasteiger partial charge on any atom is -0.355 e. The van der Waals surface area contributed by atoms with E-state index >= 15 is 0 Å². The number of rotatable bonds is 9. The molecule has 0 aliphatic carbocycles. The normalized spacial score (nSPS) is 12.4. The van der Waals surface area contributed by atoms with Crippen LogP contribution >= 0.6 is 11.8 Å². The van der Waals surface area contributed by atoms with Crippen molar-refractivity contribution in [3.8, 4) is 0 Å². The highest BCUT2D eigenvalue weighted by molar-refractivity contribution is 7.98. The Labute approximate surface area is 121 Å². The van der Waals surface area contributed by atoms with Crippen molar-refractivity contribution in [1.29, 1.82) is 0 Å². The van der Waals surface area contributed by atoms with Crippen LogP contribution in [0.4, 0.5) is 5.82 Å². The van der Waals surface area contributed by atoms with Gasteiger partial charge in [0.25, 0.3) is 0 Å². The highest BCUT2D eigenvalue weighted by atomic mass is 32.2. The average Bonchev–Trinajstić information content (AvgIpc) is 2.45. The van der Waals surface area contributed by atoms with Gasteiger partial charge >= 0.3 is 0 Å². The summed E-state index contributed by atoms with van der Waals surface area (Å²) in [5.74, 6) is 2.08. The lowest BCUT2D eigenvalue weighted by atomic mass is 10.2. The Kier molecular flexibility index (Phi) is 7.82. The summed E-state index contributed by atoms with van der Waals surface area (Å²) < 4.78 is 0. The molecule has 0 radical (unpaired) electrons. The maximum Gasteiger partial charge on any atom is 0.147 e. The Hall–Kier alpha value is -0.810. The molecule has 0 spiro atoms. The number of hydrogen-bond acceptors (Lipinski definition) is 5. The van der Waals surface area contributed by atoms with Gasteiger partial charge in [-0.15, -0.1) is 0 Å². The number of thioether (sulfide) groups is 1. The summed E-state index contributed by atoms with van der Waals surface area (Å²) in [7, 11) is 2.10. The van der Waals surface area contributed by atoms with Crippen molar-refractivity contribution in [2.24, 2.45) is 0 Å². The van der Waals surface area contributed by atoms with E-state index in [0.29, 0.717) is 6.04 Å². The van der Waals surface area contributed by atoms with Crippen molar-refractivity contribution < 1.29 is 0 Å². The summed E-state index contributed by atoms with van der Waals surface area (Å²) in [4.78, 5) is 11.2. The Balaban J connectivity index is 2.58. The minimum atomic E-state index is 0.522. The fraction of sp³-hybridized carbons (Fsp3) is 0.714. The molecule has 0 aromatic carbocycles. The first-order chi connectivity index (χ1) is 9.22. The molecule has 1 heterocycles. The fourth-order valence-corrected chi connectivity index (χ4v) is 2.74. The van der Waals surface area contributed by atoms with E-state index in [1.165, 1.54) is 0 Å². The number of hydrogen-bond donors (Lipinski definition) is 1. The SMILES string of the molecule is CCCNCc1cnc(N(C)C(CC)CSC)cn1. The van der Waals surface area contributed by atoms with Crippen LogP contribution in [-0.2, 0) is 6.54 Å². The van der Waals surface area contributed by atoms with E-state index in [0.717, 1.165) is 43.2 Å². The Bertz CT molecular complexity index is 342. The molecule has 0 fully saturated rings. The molecule has 1 unspecified atom stereocenters. The van der Waals surface area contributed by atoms with Crippen LogP contribution in [-0.4, -0.2) is 41.6 Å². The van der Waals surface area contributed by atoms with Gasteiger partial charge in [-0.2, -0.15) is 11.8 Å². The molecular weight excluding hydrogens is 256 g/mol. The molecule has 1 aromatic heterocycles. The Morgan fingerprint density at radius 3 is 2.63 bits per heavy atom. The topological polar surface area (TPSA) is 41.1 Å². The van der Waals surface area contributed by atoms with Gasteiger partial charge in [-0.1, -0.05) is 13.8 Å². The fourth-order valence-electron chi connectivity index (χ4n) is 1.90. The van der Waals surface area contributed by atoms with Crippen LogP contribution in [0, 0.1) is 0 Å². The molecule has 1 N–H and O–H groups in total. The molecule has 108 valence electrons. The summed E-state index contributed by atoms with van der Waals surface area (Å²) in [6.07, 6.45) is 8.16. The number of nitrogens with zero attached hydrogens (tertiary/aromatic N) is 3. The van der Waals surface area contributed by atoms with Crippen molar-refractivity contribution in [3.05, 3.63) is 18.1 Å². The largest absolute Gasteiger partial charge is 0.355 e. The third-order valence-electron chi connectivity index (χ3n) is 3.16. The molecule has 1 aromatic rings. The summed E-state index contributed by atoms with van der Waals surface area (Å²) in [6.45, 7) is 6.20. The minimum absolute atomic E-state index is 0.522. The smallest absolute Gasteiger partial charge is 0.147 e. The second kappa shape index (κ2) is 9.15. The van der Waals surface area contributed by atoms with Crippen LogP contribution < -0.4 is 10.2 Å². The lowest BCUT2D eigenvalue weighted by Crippen LogP contribution is -2.33. The van der Waals surface area contributed by atoms with Crippen LogP contribution in [0.15, 0.2) is 12.4 Å². The molecule has 0 saturated heterocycles. The van der Waals surface area contributed by atoms with Gasteiger partial charge in [0.1, 0.15) is 5.82 Å². The molecule has 0 aliphatic heterocycles. The van der Waals surface area contributed by atoms with E-state index < -0.39 is 0 Å². The van der Waals surface area contributed by atoms with Gasteiger partial charge in [0.05, 0.1) is 18.1 Å². The summed E-state index contributed by atoms with van der Waals surface area (Å²) in [5, 5.41) is 3.33. The zero-order valence-corrected chi connectivity index (χ0v) is 13.3. The van der Waals surface area contributed by atoms with Crippen LogP contribution in [0.2, 0.25) is 0 Å². The highest BCUT2D eigenvalue weighted by Crippen LogP contribution is 2.15. The zero-order chi connectivity index (χ0) is 14.1. The predicted octanol–water partition coefficient (Wildman–Crippen LogP) is 2.55. The van der Waals surface area contributed by atoms with E-state index in [9.17, 15) is 0 Å². The first kappa shape index (κ1) is 16.2. The third kappa shape index (κ3) is 5.37. The average molecular weight is 282 g/mol. The number of aromatic nitrogens is 2. The number of anilines is 1. The van der Waals surface area contributed by atoms with E-state index in [4.69, 9.17) is 0 Å². The van der Waals surface area contributed by atoms with Crippen LogP contribution in [0.25, 0.3) is 0 Å². The lowest BCUT2D eigenvalue weighted by Gasteiger charge is -2.27. The Morgan fingerprint density at radius 1 is 1.32 bits per heavy atom. The monoisotopic (exact) mass is 282 g/mol. The maximum absolute atomic E-state index is 4.52. The summed E-state index contributed by atoms with van der Waals surface area (Å²) >= 11 is 1.87. The van der Waals surface area contributed by atoms with Gasteiger partial charge in [-0.05, 0) is 25.6 Å². The Morgan fingerprint density at radius 2 is 2.11 bits per heavy atom. The van der Waals surface area contributed by atoms with Crippen molar-refractivity contribution in [2.45, 2.75) is 39.3 Å². The van der Waals surface area contributed by atoms with Gasteiger partial charge in [0.2, 0.25) is 0 Å². The van der Waals surface area contributed by atoms with E-state index in [1.807, 2.05) is 24.2 Å². The van der Waals surface area contributed by atoms with E-state index in [2.05, 4.69) is 47.3 Å². The molecule has 0 saturated carbocycles. The third-order valence-corrected chi connectivity index (χ3v) is 3.88. The molecule has 0 amide bonds. The van der Waals surface area contributed by atoms with Gasteiger partial charge in [0, 0.05) is 25.4 Å². The quantitative estimate of drug-likeness (QED) is 0.705. The second-order valence-corrected chi connectivity index (χ2v) is 5.58. The number of nitrogens with one attached hydrogen (secondary N) is 1.